The van der Waals surface area contributed by atoms with E-state index < -0.39 is 0 Å². The zero-order chi connectivity index (χ0) is 9.81. The maximum Gasteiger partial charge on any atom is 0.136 e. The Hall–Kier alpha value is -0.330. The van der Waals surface area contributed by atoms with E-state index in [9.17, 15) is 4.79 Å². The quantitative estimate of drug-likeness (QED) is 0.575. The zero-order valence-corrected chi connectivity index (χ0v) is 9.14. The van der Waals surface area contributed by atoms with Gasteiger partial charge in [0.05, 0.1) is 0 Å². The Kier molecular flexibility index (Phi) is 1.67. The van der Waals surface area contributed by atoms with Gasteiger partial charge in [-0.25, -0.2) is 0 Å². The number of Topliss-reactive ketones (excluding diaryl/α,β-unsaturated/α-hetero) is 1. The van der Waals surface area contributed by atoms with Crippen LogP contribution in [0.4, 0.5) is 0 Å². The molecule has 0 unspecified atom stereocenters. The second-order valence-electron chi connectivity index (χ2n) is 5.98. The van der Waals surface area contributed by atoms with Crippen LogP contribution in [0.25, 0.3) is 0 Å². The molecule has 3 aliphatic carbocycles. The van der Waals surface area contributed by atoms with Gasteiger partial charge >= 0.3 is 0 Å². The van der Waals surface area contributed by atoms with Gasteiger partial charge in [-0.2, -0.15) is 0 Å². The third kappa shape index (κ3) is 0.844. The topological polar surface area (TPSA) is 17.1 Å². The summed E-state index contributed by atoms with van der Waals surface area (Å²) in [6.45, 7) is 2.46. The largest absolute Gasteiger partial charge is 0.299 e. The minimum Gasteiger partial charge on any atom is -0.299 e. The molecule has 0 radical (unpaired) electrons. The highest BCUT2D eigenvalue weighted by molar-refractivity contribution is 5.84. The van der Waals surface area contributed by atoms with E-state index in [1.54, 1.807) is 0 Å². The summed E-state index contributed by atoms with van der Waals surface area (Å²) in [6.07, 6.45) is 10.1. The molecular formula is C13H20O. The lowest BCUT2D eigenvalue weighted by Crippen LogP contribution is -2.59. The molecule has 1 nitrogen and oxygen atoms in total. The molecule has 3 saturated carbocycles. The fourth-order valence-electron chi connectivity index (χ4n) is 4.58. The van der Waals surface area contributed by atoms with Crippen molar-refractivity contribution in [3.63, 3.8) is 0 Å². The van der Waals surface area contributed by atoms with Crippen molar-refractivity contribution in [1.82, 2.24) is 0 Å². The minimum absolute atomic E-state index is 0.473. The molecule has 0 aliphatic heterocycles. The van der Waals surface area contributed by atoms with E-state index in [1.165, 1.54) is 44.9 Å². The average molecular weight is 192 g/mol. The van der Waals surface area contributed by atoms with Gasteiger partial charge in [0.1, 0.15) is 5.78 Å². The van der Waals surface area contributed by atoms with Gasteiger partial charge in [0.25, 0.3) is 0 Å². The third-order valence-electron chi connectivity index (χ3n) is 5.66. The van der Waals surface area contributed by atoms with Crippen molar-refractivity contribution in [2.24, 2.45) is 16.7 Å². The normalized spacial score (nSPS) is 51.8. The molecule has 78 valence electrons. The van der Waals surface area contributed by atoms with Crippen molar-refractivity contribution in [3.05, 3.63) is 0 Å². The van der Waals surface area contributed by atoms with Crippen molar-refractivity contribution >= 4 is 5.78 Å². The SMILES string of the molecule is C[C@@]12CCCC[C@@]13CC[C@H]3C(=O)CC2. The molecule has 0 aromatic rings. The van der Waals surface area contributed by atoms with Crippen LogP contribution in [0.15, 0.2) is 0 Å². The second kappa shape index (κ2) is 2.62. The maximum absolute atomic E-state index is 11.8. The number of rotatable bonds is 0. The Morgan fingerprint density at radius 2 is 1.93 bits per heavy atom. The smallest absolute Gasteiger partial charge is 0.136 e. The van der Waals surface area contributed by atoms with Gasteiger partial charge in [0.2, 0.25) is 0 Å². The highest BCUT2D eigenvalue weighted by Crippen LogP contribution is 2.68. The van der Waals surface area contributed by atoms with Gasteiger partial charge in [-0.3, -0.25) is 4.79 Å². The van der Waals surface area contributed by atoms with Crippen LogP contribution in [0.2, 0.25) is 0 Å². The first-order chi connectivity index (χ1) is 6.68. The highest BCUT2D eigenvalue weighted by atomic mass is 16.1. The predicted molar refractivity (Wildman–Crippen MR) is 56.0 cm³/mol. The van der Waals surface area contributed by atoms with E-state index in [2.05, 4.69) is 6.92 Å². The van der Waals surface area contributed by atoms with Crippen LogP contribution < -0.4 is 0 Å². The van der Waals surface area contributed by atoms with Crippen LogP contribution in [0, 0.1) is 16.7 Å². The standard InChI is InChI=1S/C13H20O/c1-12-6-2-3-7-13(12)9-4-10(13)11(14)5-8-12/h10H,2-9H2,1H3/t10-,12-,13-/m0/s1. The summed E-state index contributed by atoms with van der Waals surface area (Å²) in [5.41, 5.74) is 1.00. The molecule has 0 aromatic carbocycles. The van der Waals surface area contributed by atoms with Crippen molar-refractivity contribution in [2.75, 3.05) is 0 Å². The summed E-state index contributed by atoms with van der Waals surface area (Å²) in [7, 11) is 0. The predicted octanol–water partition coefficient (Wildman–Crippen LogP) is 3.33. The highest BCUT2D eigenvalue weighted by Gasteiger charge is 2.62. The van der Waals surface area contributed by atoms with Crippen molar-refractivity contribution in [3.8, 4) is 0 Å². The van der Waals surface area contributed by atoms with E-state index in [4.69, 9.17) is 0 Å². The number of ketones is 1. The van der Waals surface area contributed by atoms with Crippen molar-refractivity contribution < 1.29 is 4.79 Å². The maximum atomic E-state index is 11.8. The Morgan fingerprint density at radius 1 is 1.14 bits per heavy atom. The zero-order valence-electron chi connectivity index (χ0n) is 9.14. The van der Waals surface area contributed by atoms with Crippen molar-refractivity contribution in [1.29, 1.82) is 0 Å². The fourth-order valence-corrected chi connectivity index (χ4v) is 4.58. The monoisotopic (exact) mass is 192 g/mol. The van der Waals surface area contributed by atoms with Crippen LogP contribution in [0.5, 0.6) is 0 Å². The van der Waals surface area contributed by atoms with E-state index >= 15 is 0 Å². The van der Waals surface area contributed by atoms with E-state index in [0.29, 0.717) is 22.5 Å². The molecule has 0 N–H and O–H groups in total. The first-order valence-corrected chi connectivity index (χ1v) is 6.21. The molecule has 0 heterocycles. The first-order valence-electron chi connectivity index (χ1n) is 6.21. The molecule has 0 amide bonds. The molecule has 0 aromatic heterocycles. The van der Waals surface area contributed by atoms with Crippen LogP contribution in [-0.4, -0.2) is 5.78 Å². The molecule has 3 fully saturated rings. The molecule has 1 heteroatoms. The fraction of sp³-hybridized carbons (Fsp3) is 0.923. The van der Waals surface area contributed by atoms with Gasteiger partial charge in [0.15, 0.2) is 0 Å². The van der Waals surface area contributed by atoms with Crippen LogP contribution >= 0.6 is 0 Å². The summed E-state index contributed by atoms with van der Waals surface area (Å²) in [4.78, 5) is 11.8. The summed E-state index contributed by atoms with van der Waals surface area (Å²) >= 11 is 0. The Bertz CT molecular complexity index is 283. The molecule has 3 atom stereocenters. The van der Waals surface area contributed by atoms with Crippen LogP contribution in [-0.2, 0) is 4.79 Å². The van der Waals surface area contributed by atoms with Gasteiger partial charge < -0.3 is 0 Å². The second-order valence-corrected chi connectivity index (χ2v) is 5.98. The average Bonchev–Trinajstić information content (AvgIpc) is 2.12. The summed E-state index contributed by atoms with van der Waals surface area (Å²) in [5.74, 6) is 1.07. The molecule has 14 heavy (non-hydrogen) atoms. The van der Waals surface area contributed by atoms with E-state index in [-0.39, 0.29) is 0 Å². The molecular weight excluding hydrogens is 172 g/mol. The minimum atomic E-state index is 0.473. The number of carbonyl (C=O) groups excluding carboxylic acids is 1. The van der Waals surface area contributed by atoms with Crippen LogP contribution in [0.3, 0.4) is 0 Å². The molecule has 0 bridgehead atoms. The number of carbonyl (C=O) groups is 1. The third-order valence-corrected chi connectivity index (χ3v) is 5.66. The lowest BCUT2D eigenvalue weighted by Gasteiger charge is -2.64. The number of hydrogen-bond donors (Lipinski definition) is 0. The van der Waals surface area contributed by atoms with Gasteiger partial charge in [-0.15, -0.1) is 0 Å². The Balaban J connectivity index is 1.99. The van der Waals surface area contributed by atoms with Gasteiger partial charge in [-0.05, 0) is 42.9 Å². The molecule has 3 aliphatic rings. The summed E-state index contributed by atoms with van der Waals surface area (Å²) in [6, 6.07) is 0. The first kappa shape index (κ1) is 8.94. The Morgan fingerprint density at radius 3 is 2.64 bits per heavy atom. The van der Waals surface area contributed by atoms with Crippen LogP contribution in [0.1, 0.15) is 58.3 Å². The molecule has 3 rings (SSSR count). The Labute approximate surface area is 86.3 Å². The number of hydrogen-bond acceptors (Lipinski definition) is 1. The van der Waals surface area contributed by atoms with Gasteiger partial charge in [0, 0.05) is 12.3 Å². The summed E-state index contributed by atoms with van der Waals surface area (Å²) in [5, 5.41) is 0. The lowest BCUT2D eigenvalue weighted by molar-refractivity contribution is -0.173. The lowest BCUT2D eigenvalue weighted by atomic mass is 9.39. The van der Waals surface area contributed by atoms with E-state index in [0.717, 1.165) is 6.42 Å². The molecule has 0 saturated heterocycles. The van der Waals surface area contributed by atoms with Gasteiger partial charge in [-0.1, -0.05) is 19.8 Å². The van der Waals surface area contributed by atoms with Crippen molar-refractivity contribution in [2.45, 2.75) is 58.3 Å². The molecule has 1 spiro atoms. The van der Waals surface area contributed by atoms with E-state index in [1.807, 2.05) is 0 Å². The summed E-state index contributed by atoms with van der Waals surface area (Å²) < 4.78 is 0.